The van der Waals surface area contributed by atoms with Gasteiger partial charge in [0.15, 0.2) is 0 Å². The monoisotopic (exact) mass is 468 g/mol. The highest BCUT2D eigenvalue weighted by Gasteiger charge is 2.65. The second-order valence-electron chi connectivity index (χ2n) is 14.5. The summed E-state index contributed by atoms with van der Waals surface area (Å²) in [7, 11) is 0. The second-order valence-corrected chi connectivity index (χ2v) is 14.5. The normalized spacial score (nSPS) is 57.4. The van der Waals surface area contributed by atoms with Gasteiger partial charge in [-0.25, -0.2) is 0 Å². The van der Waals surface area contributed by atoms with Crippen LogP contribution in [0.25, 0.3) is 0 Å². The minimum atomic E-state index is -0.375. The Bertz CT molecular complexity index is 631. The lowest BCUT2D eigenvalue weighted by atomic mass is 9.58. The van der Waals surface area contributed by atoms with Crippen molar-refractivity contribution < 1.29 is 10.2 Å². The average Bonchev–Trinajstić information content (AvgIpc) is 3.33. The van der Waals surface area contributed by atoms with E-state index in [0.717, 1.165) is 23.7 Å². The maximum Gasteiger partial charge on any atom is 0.0737 e. The fourth-order valence-electron chi connectivity index (χ4n) is 12.8. The van der Waals surface area contributed by atoms with Gasteiger partial charge in [0, 0.05) is 0 Å². The molecule has 2 nitrogen and oxygen atoms in total. The number of hydrogen-bond donors (Lipinski definition) is 2. The van der Waals surface area contributed by atoms with E-state index in [1.807, 2.05) is 0 Å². The van der Waals surface area contributed by atoms with E-state index in [1.54, 1.807) is 0 Å². The summed E-state index contributed by atoms with van der Waals surface area (Å²) < 4.78 is 0. The molecule has 0 aromatic heterocycles. The van der Waals surface area contributed by atoms with Crippen LogP contribution in [0.1, 0.15) is 128 Å². The first-order valence-corrected chi connectivity index (χ1v) is 16.1. The first kappa shape index (κ1) is 23.1. The third-order valence-corrected chi connectivity index (χ3v) is 13.8. The molecule has 7 aliphatic carbocycles. The van der Waals surface area contributed by atoms with Gasteiger partial charge in [0.05, 0.1) is 11.2 Å². The van der Waals surface area contributed by atoms with Crippen molar-refractivity contribution in [3.8, 4) is 0 Å². The highest BCUT2D eigenvalue weighted by Crippen LogP contribution is 2.66. The molecule has 0 amide bonds. The van der Waals surface area contributed by atoms with E-state index in [9.17, 15) is 10.2 Å². The fourth-order valence-corrected chi connectivity index (χ4v) is 12.8. The van der Waals surface area contributed by atoms with Gasteiger partial charge in [0.1, 0.15) is 0 Å². The molecule has 0 aliphatic heterocycles. The molecule has 7 saturated carbocycles. The highest BCUT2D eigenvalue weighted by molar-refractivity contribution is 5.15. The van der Waals surface area contributed by atoms with Crippen LogP contribution in [-0.2, 0) is 0 Å². The van der Waals surface area contributed by atoms with Crippen LogP contribution in [0.15, 0.2) is 0 Å². The predicted octanol–water partition coefficient (Wildman–Crippen LogP) is 7.51. The molecule has 0 bridgehead atoms. The minimum Gasteiger partial charge on any atom is -0.389 e. The topological polar surface area (TPSA) is 40.5 Å². The Balaban J connectivity index is 1.12. The van der Waals surface area contributed by atoms with Crippen LogP contribution >= 0.6 is 0 Å². The smallest absolute Gasteiger partial charge is 0.0737 e. The lowest BCUT2D eigenvalue weighted by Gasteiger charge is -2.51. The first-order valence-electron chi connectivity index (χ1n) is 16.1. The van der Waals surface area contributed by atoms with Crippen molar-refractivity contribution in [2.45, 2.75) is 140 Å². The van der Waals surface area contributed by atoms with Crippen molar-refractivity contribution in [1.29, 1.82) is 0 Å². The molecule has 0 spiro atoms. The van der Waals surface area contributed by atoms with E-state index in [1.165, 1.54) is 128 Å². The van der Waals surface area contributed by atoms with Gasteiger partial charge in [-0.15, -0.1) is 0 Å². The molecular weight excluding hydrogens is 416 g/mol. The van der Waals surface area contributed by atoms with E-state index in [-0.39, 0.29) is 11.2 Å². The molecule has 8 atom stereocenters. The van der Waals surface area contributed by atoms with Crippen LogP contribution < -0.4 is 0 Å². The summed E-state index contributed by atoms with van der Waals surface area (Å²) in [5, 5.41) is 25.3. The lowest BCUT2D eigenvalue weighted by molar-refractivity contribution is -0.147. The van der Waals surface area contributed by atoms with Gasteiger partial charge in [0.2, 0.25) is 0 Å². The molecule has 0 aromatic carbocycles. The largest absolute Gasteiger partial charge is 0.389 e. The fraction of sp³-hybridized carbons (Fsp3) is 1.00. The molecule has 8 unspecified atom stereocenters. The SMILES string of the molecule is OC1(C2CCC(C3(O)C4CCCCC4C4CCCCC43)CC2)C2CCCCC2C2CCCCC21. The molecule has 7 fully saturated rings. The molecule has 0 radical (unpaired) electrons. The van der Waals surface area contributed by atoms with Crippen molar-refractivity contribution in [3.05, 3.63) is 0 Å². The summed E-state index contributed by atoms with van der Waals surface area (Å²) in [6, 6.07) is 0. The maximum atomic E-state index is 12.6. The van der Waals surface area contributed by atoms with Crippen molar-refractivity contribution >= 4 is 0 Å². The van der Waals surface area contributed by atoms with Crippen LogP contribution in [0, 0.1) is 59.2 Å². The van der Waals surface area contributed by atoms with Crippen molar-refractivity contribution in [2.24, 2.45) is 59.2 Å². The predicted molar refractivity (Wildman–Crippen MR) is 137 cm³/mol. The van der Waals surface area contributed by atoms with Crippen LogP contribution in [0.4, 0.5) is 0 Å². The van der Waals surface area contributed by atoms with Crippen LogP contribution in [0.5, 0.6) is 0 Å². The molecule has 0 heterocycles. The molecule has 0 aromatic rings. The third kappa shape index (κ3) is 3.18. The summed E-state index contributed by atoms with van der Waals surface area (Å²) >= 11 is 0. The summed E-state index contributed by atoms with van der Waals surface area (Å²) in [5.41, 5.74) is -0.750. The van der Waals surface area contributed by atoms with Gasteiger partial charge in [-0.1, -0.05) is 51.4 Å². The highest BCUT2D eigenvalue weighted by atomic mass is 16.3. The lowest BCUT2D eigenvalue weighted by Crippen LogP contribution is -2.54. The number of rotatable bonds is 2. The van der Waals surface area contributed by atoms with Crippen LogP contribution in [0.3, 0.4) is 0 Å². The van der Waals surface area contributed by atoms with Crippen molar-refractivity contribution in [1.82, 2.24) is 0 Å². The van der Waals surface area contributed by atoms with Gasteiger partial charge in [0.25, 0.3) is 0 Å². The molecule has 7 aliphatic rings. The van der Waals surface area contributed by atoms with Crippen LogP contribution in [-0.4, -0.2) is 21.4 Å². The van der Waals surface area contributed by atoms with Gasteiger partial charge in [-0.2, -0.15) is 0 Å². The van der Waals surface area contributed by atoms with E-state index in [2.05, 4.69) is 0 Å². The van der Waals surface area contributed by atoms with E-state index in [0.29, 0.717) is 35.5 Å². The Labute approximate surface area is 209 Å². The van der Waals surface area contributed by atoms with Crippen molar-refractivity contribution in [3.63, 3.8) is 0 Å². The Morgan fingerprint density at radius 2 is 0.559 bits per heavy atom. The quantitative estimate of drug-likeness (QED) is 0.440. The number of fused-ring (bicyclic) bond motifs is 6. The Morgan fingerprint density at radius 3 is 0.824 bits per heavy atom. The standard InChI is InChI=1S/C32H52O2/c33-31(27-13-5-1-9-23(27)24-10-2-6-14-28(24)31)21-17-19-22(20-18-21)32(34)29-15-7-3-11-25(29)26-12-4-8-16-30(26)32/h21-30,33-34H,1-20H2. The minimum absolute atomic E-state index is 0.375. The summed E-state index contributed by atoms with van der Waals surface area (Å²) in [4.78, 5) is 0. The Hall–Kier alpha value is -0.0800. The summed E-state index contributed by atoms with van der Waals surface area (Å²) in [5.74, 6) is 6.70. The average molecular weight is 469 g/mol. The molecule has 2 heteroatoms. The molecule has 34 heavy (non-hydrogen) atoms. The number of aliphatic hydroxyl groups is 2. The Kier molecular flexibility index (Phi) is 5.94. The molecule has 2 N–H and O–H groups in total. The van der Waals surface area contributed by atoms with Gasteiger partial charge in [-0.05, 0) is 136 Å². The molecule has 7 rings (SSSR count). The van der Waals surface area contributed by atoms with Gasteiger partial charge in [-0.3, -0.25) is 0 Å². The third-order valence-electron chi connectivity index (χ3n) is 13.8. The molecule has 192 valence electrons. The van der Waals surface area contributed by atoms with E-state index in [4.69, 9.17) is 0 Å². The molecular formula is C32H52O2. The number of hydrogen-bond acceptors (Lipinski definition) is 2. The Morgan fingerprint density at radius 1 is 0.324 bits per heavy atom. The summed E-state index contributed by atoms with van der Waals surface area (Å²) in [6.45, 7) is 0. The van der Waals surface area contributed by atoms with Gasteiger partial charge >= 0.3 is 0 Å². The zero-order valence-electron chi connectivity index (χ0n) is 21.8. The van der Waals surface area contributed by atoms with Crippen molar-refractivity contribution in [2.75, 3.05) is 0 Å². The van der Waals surface area contributed by atoms with Crippen LogP contribution in [0.2, 0.25) is 0 Å². The second kappa shape index (κ2) is 8.75. The molecule has 0 saturated heterocycles. The summed E-state index contributed by atoms with van der Waals surface area (Å²) in [6.07, 6.45) is 26.6. The van der Waals surface area contributed by atoms with Gasteiger partial charge < -0.3 is 10.2 Å². The van der Waals surface area contributed by atoms with E-state index >= 15 is 0 Å². The zero-order chi connectivity index (χ0) is 22.9. The zero-order valence-corrected chi connectivity index (χ0v) is 21.8. The van der Waals surface area contributed by atoms with E-state index < -0.39 is 0 Å². The first-order chi connectivity index (χ1) is 16.6. The maximum absolute atomic E-state index is 12.6.